The molecule has 0 aliphatic rings. The highest BCUT2D eigenvalue weighted by Gasteiger charge is 2.03. The normalized spacial score (nSPS) is 12.2. The van der Waals surface area contributed by atoms with Gasteiger partial charge in [-0.25, -0.2) is 0 Å². The number of nitrogens with one attached hydrogen (secondary N) is 1. The zero-order valence-corrected chi connectivity index (χ0v) is 11.5. The predicted molar refractivity (Wildman–Crippen MR) is 74.5 cm³/mol. The second-order valence-corrected chi connectivity index (χ2v) is 5.43. The highest BCUT2D eigenvalue weighted by molar-refractivity contribution is 7.99. The monoisotopic (exact) mass is 255 g/mol. The van der Waals surface area contributed by atoms with Crippen LogP contribution in [0.2, 0.25) is 5.02 Å². The summed E-state index contributed by atoms with van der Waals surface area (Å²) < 4.78 is 0. The van der Waals surface area contributed by atoms with Crippen molar-refractivity contribution in [1.29, 1.82) is 0 Å². The lowest BCUT2D eigenvalue weighted by molar-refractivity contribution is 0.733. The second-order valence-electron chi connectivity index (χ2n) is 3.90. The van der Waals surface area contributed by atoms with Gasteiger partial charge in [-0.1, -0.05) is 23.3 Å². The van der Waals surface area contributed by atoms with Gasteiger partial charge in [0.2, 0.25) is 0 Å². The molecule has 1 aromatic carbocycles. The van der Waals surface area contributed by atoms with E-state index in [0.717, 1.165) is 10.8 Å². The van der Waals surface area contributed by atoms with Crippen LogP contribution >= 0.6 is 23.4 Å². The molecule has 1 N–H and O–H groups in total. The molecule has 1 unspecified atom stereocenters. The van der Waals surface area contributed by atoms with E-state index in [-0.39, 0.29) is 0 Å². The van der Waals surface area contributed by atoms with E-state index >= 15 is 0 Å². The molecule has 0 fully saturated rings. The molecule has 0 amide bonds. The maximum atomic E-state index is 5.84. The first-order valence-electron chi connectivity index (χ1n) is 5.32. The van der Waals surface area contributed by atoms with Crippen molar-refractivity contribution in [3.05, 3.63) is 40.9 Å². The van der Waals surface area contributed by atoms with Gasteiger partial charge in [-0.15, -0.1) is 11.8 Å². The maximum Gasteiger partial charge on any atom is 0.0406 e. The summed E-state index contributed by atoms with van der Waals surface area (Å²) in [7, 11) is 1.99. The molecule has 0 heterocycles. The molecular weight excluding hydrogens is 238 g/mol. The lowest BCUT2D eigenvalue weighted by Crippen LogP contribution is -2.25. The van der Waals surface area contributed by atoms with Crippen molar-refractivity contribution in [2.75, 3.05) is 12.8 Å². The van der Waals surface area contributed by atoms with Gasteiger partial charge in [0.25, 0.3) is 0 Å². The van der Waals surface area contributed by atoms with Crippen molar-refractivity contribution >= 4 is 23.4 Å². The van der Waals surface area contributed by atoms with E-state index in [1.165, 1.54) is 10.5 Å². The summed E-state index contributed by atoms with van der Waals surface area (Å²) in [6.07, 6.45) is 2.25. The SMILES string of the molecule is CNC(C=C(C)C)CSc1ccc(Cl)cc1. The number of thioether (sulfide) groups is 1. The highest BCUT2D eigenvalue weighted by atomic mass is 35.5. The molecular formula is C13H18ClNS. The first-order valence-corrected chi connectivity index (χ1v) is 6.69. The Hall–Kier alpha value is -0.440. The largest absolute Gasteiger partial charge is 0.313 e. The third-order valence-corrected chi connectivity index (χ3v) is 3.53. The third-order valence-electron chi connectivity index (χ3n) is 2.15. The molecule has 0 saturated carbocycles. The molecule has 88 valence electrons. The molecule has 0 radical (unpaired) electrons. The third kappa shape index (κ3) is 5.06. The molecule has 0 aromatic heterocycles. The fourth-order valence-corrected chi connectivity index (χ4v) is 2.42. The van der Waals surface area contributed by atoms with E-state index in [2.05, 4.69) is 37.4 Å². The van der Waals surface area contributed by atoms with E-state index in [9.17, 15) is 0 Å². The maximum absolute atomic E-state index is 5.84. The van der Waals surface area contributed by atoms with E-state index in [1.54, 1.807) is 0 Å². The molecule has 0 spiro atoms. The van der Waals surface area contributed by atoms with Crippen LogP contribution in [0.25, 0.3) is 0 Å². The topological polar surface area (TPSA) is 12.0 Å². The molecule has 0 aliphatic carbocycles. The fraction of sp³-hybridized carbons (Fsp3) is 0.385. The van der Waals surface area contributed by atoms with Gasteiger partial charge in [-0.3, -0.25) is 0 Å². The van der Waals surface area contributed by atoms with Gasteiger partial charge in [0.05, 0.1) is 0 Å². The van der Waals surface area contributed by atoms with Gasteiger partial charge in [-0.2, -0.15) is 0 Å². The van der Waals surface area contributed by atoms with E-state index in [1.807, 2.05) is 30.9 Å². The zero-order valence-electron chi connectivity index (χ0n) is 9.96. The number of benzene rings is 1. The van der Waals surface area contributed by atoms with E-state index in [0.29, 0.717) is 6.04 Å². The minimum Gasteiger partial charge on any atom is -0.313 e. The van der Waals surface area contributed by atoms with Crippen LogP contribution in [0.15, 0.2) is 40.8 Å². The lowest BCUT2D eigenvalue weighted by atomic mass is 10.2. The number of halogens is 1. The number of hydrogen-bond acceptors (Lipinski definition) is 2. The van der Waals surface area contributed by atoms with Crippen LogP contribution in [-0.4, -0.2) is 18.8 Å². The summed E-state index contributed by atoms with van der Waals surface area (Å²) in [6, 6.07) is 8.40. The standard InChI is InChI=1S/C13H18ClNS/c1-10(2)8-12(15-3)9-16-13-6-4-11(14)5-7-13/h4-8,12,15H,9H2,1-3H3. The van der Waals surface area contributed by atoms with Gasteiger partial charge >= 0.3 is 0 Å². The summed E-state index contributed by atoms with van der Waals surface area (Å²) in [4.78, 5) is 1.26. The van der Waals surface area contributed by atoms with Crippen LogP contribution in [0.3, 0.4) is 0 Å². The lowest BCUT2D eigenvalue weighted by Gasteiger charge is -2.12. The molecule has 1 aromatic rings. The quantitative estimate of drug-likeness (QED) is 0.631. The van der Waals surface area contributed by atoms with Crippen LogP contribution in [0.4, 0.5) is 0 Å². The first kappa shape index (κ1) is 13.6. The molecule has 3 heteroatoms. The summed E-state index contributed by atoms with van der Waals surface area (Å²) >= 11 is 7.68. The Morgan fingerprint density at radius 1 is 1.38 bits per heavy atom. The van der Waals surface area contributed by atoms with Gasteiger partial charge < -0.3 is 5.32 Å². The number of hydrogen-bond donors (Lipinski definition) is 1. The van der Waals surface area contributed by atoms with Gasteiger partial charge in [0.15, 0.2) is 0 Å². The van der Waals surface area contributed by atoms with Crippen LogP contribution in [-0.2, 0) is 0 Å². The minimum atomic E-state index is 0.422. The van der Waals surface area contributed by atoms with Gasteiger partial charge in [0, 0.05) is 21.7 Å². The molecule has 0 bridgehead atoms. The highest BCUT2D eigenvalue weighted by Crippen LogP contribution is 2.21. The molecule has 0 saturated heterocycles. The zero-order chi connectivity index (χ0) is 12.0. The number of rotatable bonds is 5. The molecule has 1 rings (SSSR count). The van der Waals surface area contributed by atoms with Crippen molar-refractivity contribution < 1.29 is 0 Å². The van der Waals surface area contributed by atoms with Crippen LogP contribution < -0.4 is 5.32 Å². The van der Waals surface area contributed by atoms with Crippen molar-refractivity contribution in [3.8, 4) is 0 Å². The number of allylic oxidation sites excluding steroid dienone is 1. The summed E-state index contributed by atoms with van der Waals surface area (Å²) in [5.74, 6) is 1.03. The smallest absolute Gasteiger partial charge is 0.0406 e. The van der Waals surface area contributed by atoms with E-state index < -0.39 is 0 Å². The van der Waals surface area contributed by atoms with Crippen molar-refractivity contribution in [3.63, 3.8) is 0 Å². The molecule has 1 nitrogen and oxygen atoms in total. The minimum absolute atomic E-state index is 0.422. The van der Waals surface area contributed by atoms with Crippen molar-refractivity contribution in [2.24, 2.45) is 0 Å². The van der Waals surface area contributed by atoms with Crippen molar-refractivity contribution in [1.82, 2.24) is 5.32 Å². The Bertz CT molecular complexity index is 341. The van der Waals surface area contributed by atoms with Gasteiger partial charge in [0.1, 0.15) is 0 Å². The Morgan fingerprint density at radius 3 is 2.50 bits per heavy atom. The predicted octanol–water partition coefficient (Wildman–Crippen LogP) is 3.99. The Labute approximate surface area is 107 Å². The average molecular weight is 256 g/mol. The summed E-state index contributed by atoms with van der Waals surface area (Å²) in [5.41, 5.74) is 1.34. The fourth-order valence-electron chi connectivity index (χ4n) is 1.33. The Kier molecular flexibility index (Phi) is 5.96. The van der Waals surface area contributed by atoms with E-state index in [4.69, 9.17) is 11.6 Å². The second kappa shape index (κ2) is 7.00. The first-order chi connectivity index (χ1) is 7.61. The van der Waals surface area contributed by atoms with Crippen molar-refractivity contribution in [2.45, 2.75) is 24.8 Å². The molecule has 16 heavy (non-hydrogen) atoms. The van der Waals surface area contributed by atoms with Crippen LogP contribution in [0, 0.1) is 0 Å². The summed E-state index contributed by atoms with van der Waals surface area (Å²) in [5, 5.41) is 4.08. The average Bonchev–Trinajstić information content (AvgIpc) is 2.26. The summed E-state index contributed by atoms with van der Waals surface area (Å²) in [6.45, 7) is 4.24. The van der Waals surface area contributed by atoms with Crippen LogP contribution in [0.1, 0.15) is 13.8 Å². The molecule has 0 aliphatic heterocycles. The Morgan fingerprint density at radius 2 is 2.00 bits per heavy atom. The van der Waals surface area contributed by atoms with Gasteiger partial charge in [-0.05, 0) is 45.2 Å². The number of likely N-dealkylation sites (N-methyl/N-ethyl adjacent to an activating group) is 1. The Balaban J connectivity index is 2.49. The van der Waals surface area contributed by atoms with Crippen LogP contribution in [0.5, 0.6) is 0 Å². The molecule has 1 atom stereocenters.